The molecular weight excluding hydrogens is 546 g/mol. The molecule has 0 radical (unpaired) electrons. The molecule has 0 aromatic heterocycles. The second-order valence-electron chi connectivity index (χ2n) is 5.82. The zero-order valence-corrected chi connectivity index (χ0v) is 20.4. The molecule has 6 heteroatoms. The molecule has 0 aliphatic heterocycles. The summed E-state index contributed by atoms with van der Waals surface area (Å²) in [5.74, 6) is 0. The summed E-state index contributed by atoms with van der Waals surface area (Å²) >= 11 is 4.71. The van der Waals surface area contributed by atoms with E-state index in [9.17, 15) is 0 Å². The van der Waals surface area contributed by atoms with Crippen molar-refractivity contribution in [2.45, 2.75) is 59.3 Å². The molecule has 0 N–H and O–H groups in total. The highest BCUT2D eigenvalue weighted by atomic mass is 127. The number of rotatable bonds is 13. The molecule has 0 heterocycles. The zero-order chi connectivity index (χ0) is 17.8. The van der Waals surface area contributed by atoms with E-state index in [1.54, 1.807) is 0 Å². The standard InChI is InChI=1S/C18H30I2O3Si/c1-4-7-10-21-24(22-11-8-5-2,23-12-9-6-3)18-14-16(19)13-17(20)15-18/h13-15H,4-12H2,1-3H3. The Hall–Kier alpha value is 0.777. The van der Waals surface area contributed by atoms with Gasteiger partial charge in [0.1, 0.15) is 0 Å². The monoisotopic (exact) mass is 576 g/mol. The molecule has 138 valence electrons. The van der Waals surface area contributed by atoms with Gasteiger partial charge in [0, 0.05) is 32.1 Å². The van der Waals surface area contributed by atoms with E-state index in [0.29, 0.717) is 19.8 Å². The molecule has 0 unspecified atom stereocenters. The van der Waals surface area contributed by atoms with Crippen LogP contribution in [0.15, 0.2) is 18.2 Å². The van der Waals surface area contributed by atoms with Crippen molar-refractivity contribution >= 4 is 59.2 Å². The van der Waals surface area contributed by atoms with Crippen LogP contribution in [-0.2, 0) is 13.3 Å². The third-order valence-electron chi connectivity index (χ3n) is 3.59. The van der Waals surface area contributed by atoms with Gasteiger partial charge in [-0.05, 0) is 82.6 Å². The summed E-state index contributed by atoms with van der Waals surface area (Å²) in [7, 11) is -2.86. The summed E-state index contributed by atoms with van der Waals surface area (Å²) in [6, 6.07) is 6.49. The van der Waals surface area contributed by atoms with Gasteiger partial charge in [0.2, 0.25) is 0 Å². The highest BCUT2D eigenvalue weighted by molar-refractivity contribution is 14.1. The van der Waals surface area contributed by atoms with Gasteiger partial charge in [-0.15, -0.1) is 0 Å². The van der Waals surface area contributed by atoms with Crippen LogP contribution in [0, 0.1) is 7.14 Å². The largest absolute Gasteiger partial charge is 0.537 e. The molecule has 0 atom stereocenters. The fourth-order valence-corrected chi connectivity index (χ4v) is 7.34. The molecule has 0 spiro atoms. The minimum Gasteiger partial charge on any atom is -0.370 e. The number of hydrogen-bond acceptors (Lipinski definition) is 3. The van der Waals surface area contributed by atoms with Crippen molar-refractivity contribution in [3.05, 3.63) is 25.3 Å². The van der Waals surface area contributed by atoms with Gasteiger partial charge in [-0.2, -0.15) is 0 Å². The van der Waals surface area contributed by atoms with Gasteiger partial charge in [-0.25, -0.2) is 0 Å². The van der Waals surface area contributed by atoms with Crippen LogP contribution in [0.3, 0.4) is 0 Å². The maximum absolute atomic E-state index is 6.35. The maximum atomic E-state index is 6.35. The summed E-state index contributed by atoms with van der Waals surface area (Å²) in [6.45, 7) is 8.62. The molecule has 0 saturated carbocycles. The van der Waals surface area contributed by atoms with Gasteiger partial charge in [-0.1, -0.05) is 40.0 Å². The molecule has 1 aromatic carbocycles. The molecule has 0 amide bonds. The van der Waals surface area contributed by atoms with Crippen molar-refractivity contribution in [3.8, 4) is 0 Å². The molecule has 3 nitrogen and oxygen atoms in total. The van der Waals surface area contributed by atoms with E-state index in [2.05, 4.69) is 84.2 Å². The Balaban J connectivity index is 3.09. The predicted molar refractivity (Wildman–Crippen MR) is 120 cm³/mol. The molecular formula is C18H30I2O3Si. The van der Waals surface area contributed by atoms with Crippen molar-refractivity contribution in [1.29, 1.82) is 0 Å². The lowest BCUT2D eigenvalue weighted by molar-refractivity contribution is 0.0700. The average Bonchev–Trinajstić information content (AvgIpc) is 2.54. The van der Waals surface area contributed by atoms with Gasteiger partial charge in [-0.3, -0.25) is 0 Å². The normalized spacial score (nSPS) is 11.9. The number of hydrogen-bond donors (Lipinski definition) is 0. The summed E-state index contributed by atoms with van der Waals surface area (Å²) < 4.78 is 21.4. The summed E-state index contributed by atoms with van der Waals surface area (Å²) in [6.07, 6.45) is 6.42. The van der Waals surface area contributed by atoms with E-state index in [0.717, 1.165) is 43.7 Å². The SMILES string of the molecule is CCCCO[Si](OCCCC)(OCCCC)c1cc(I)cc(I)c1. The Morgan fingerprint density at radius 2 is 1.08 bits per heavy atom. The fraction of sp³-hybridized carbons (Fsp3) is 0.667. The highest BCUT2D eigenvalue weighted by Gasteiger charge is 2.44. The first-order valence-corrected chi connectivity index (χ1v) is 12.8. The van der Waals surface area contributed by atoms with Gasteiger partial charge in [0.25, 0.3) is 0 Å². The quantitative estimate of drug-likeness (QED) is 0.177. The lowest BCUT2D eigenvalue weighted by Crippen LogP contribution is -2.57. The maximum Gasteiger partial charge on any atom is 0.537 e. The van der Waals surface area contributed by atoms with E-state index < -0.39 is 8.80 Å². The zero-order valence-electron chi connectivity index (χ0n) is 15.1. The van der Waals surface area contributed by atoms with Crippen LogP contribution in [-0.4, -0.2) is 28.6 Å². The van der Waals surface area contributed by atoms with Crippen LogP contribution in [0.2, 0.25) is 0 Å². The van der Waals surface area contributed by atoms with Crippen molar-refractivity contribution in [2.75, 3.05) is 19.8 Å². The molecule has 0 bridgehead atoms. The summed E-state index contributed by atoms with van der Waals surface area (Å²) in [5.41, 5.74) is 0. The van der Waals surface area contributed by atoms with E-state index in [1.807, 2.05) is 0 Å². The average molecular weight is 576 g/mol. The Kier molecular flexibility index (Phi) is 12.4. The molecule has 0 fully saturated rings. The molecule has 0 aliphatic carbocycles. The Bertz CT molecular complexity index is 425. The van der Waals surface area contributed by atoms with E-state index in [4.69, 9.17) is 13.3 Å². The highest BCUT2D eigenvalue weighted by Crippen LogP contribution is 2.18. The summed E-state index contributed by atoms with van der Waals surface area (Å²) in [5, 5.41) is 1.10. The first-order chi connectivity index (χ1) is 11.6. The first-order valence-electron chi connectivity index (χ1n) is 8.96. The number of halogens is 2. The topological polar surface area (TPSA) is 27.7 Å². The fourth-order valence-electron chi connectivity index (χ4n) is 2.16. The molecule has 1 rings (SSSR count). The number of benzene rings is 1. The lowest BCUT2D eigenvalue weighted by Gasteiger charge is -2.30. The van der Waals surface area contributed by atoms with Crippen LogP contribution >= 0.6 is 45.2 Å². The number of unbranched alkanes of at least 4 members (excludes halogenated alkanes) is 3. The molecule has 0 aliphatic rings. The minimum absolute atomic E-state index is 0.697. The Morgan fingerprint density at radius 1 is 0.708 bits per heavy atom. The lowest BCUT2D eigenvalue weighted by atomic mass is 10.4. The van der Waals surface area contributed by atoms with Crippen LogP contribution in [0.5, 0.6) is 0 Å². The predicted octanol–water partition coefficient (Wildman–Crippen LogP) is 5.49. The smallest absolute Gasteiger partial charge is 0.370 e. The van der Waals surface area contributed by atoms with E-state index in [1.165, 1.54) is 7.14 Å². The van der Waals surface area contributed by atoms with E-state index in [-0.39, 0.29) is 0 Å². The van der Waals surface area contributed by atoms with Crippen LogP contribution in [0.4, 0.5) is 0 Å². The second-order valence-corrected chi connectivity index (χ2v) is 10.9. The minimum atomic E-state index is -2.86. The molecule has 0 saturated heterocycles. The third kappa shape index (κ3) is 7.99. The van der Waals surface area contributed by atoms with Gasteiger partial charge < -0.3 is 13.3 Å². The third-order valence-corrected chi connectivity index (χ3v) is 7.58. The van der Waals surface area contributed by atoms with Crippen molar-refractivity contribution in [2.24, 2.45) is 0 Å². The van der Waals surface area contributed by atoms with Gasteiger partial charge >= 0.3 is 8.80 Å². The second kappa shape index (κ2) is 13.0. The van der Waals surface area contributed by atoms with Crippen LogP contribution < -0.4 is 5.19 Å². The molecule has 24 heavy (non-hydrogen) atoms. The van der Waals surface area contributed by atoms with Crippen molar-refractivity contribution in [1.82, 2.24) is 0 Å². The van der Waals surface area contributed by atoms with Crippen molar-refractivity contribution < 1.29 is 13.3 Å². The van der Waals surface area contributed by atoms with Gasteiger partial charge in [0.05, 0.1) is 0 Å². The van der Waals surface area contributed by atoms with Crippen LogP contribution in [0.25, 0.3) is 0 Å². The van der Waals surface area contributed by atoms with E-state index >= 15 is 0 Å². The van der Waals surface area contributed by atoms with Crippen molar-refractivity contribution in [3.63, 3.8) is 0 Å². The Labute approximate surface area is 175 Å². The Morgan fingerprint density at radius 3 is 1.42 bits per heavy atom. The summed E-state index contributed by atoms with van der Waals surface area (Å²) in [4.78, 5) is 0. The molecule has 1 aromatic rings. The first kappa shape index (κ1) is 22.8. The van der Waals surface area contributed by atoms with Crippen LogP contribution in [0.1, 0.15) is 59.3 Å². The van der Waals surface area contributed by atoms with Gasteiger partial charge in [0.15, 0.2) is 0 Å².